The Morgan fingerprint density at radius 1 is 1.14 bits per heavy atom. The number of halogens is 3. The number of aromatic amines is 1. The monoisotopic (exact) mass is 514 g/mol. The highest BCUT2D eigenvalue weighted by molar-refractivity contribution is 14.0. The van der Waals surface area contributed by atoms with Crippen molar-refractivity contribution in [3.8, 4) is 5.75 Å². The van der Waals surface area contributed by atoms with Gasteiger partial charge in [-0.3, -0.25) is 0 Å². The van der Waals surface area contributed by atoms with E-state index in [9.17, 15) is 8.78 Å². The second kappa shape index (κ2) is 11.0. The lowest BCUT2D eigenvalue weighted by Crippen LogP contribution is -2.38. The number of guanidine groups is 1. The van der Waals surface area contributed by atoms with Crippen molar-refractivity contribution < 1.29 is 13.5 Å². The van der Waals surface area contributed by atoms with Crippen LogP contribution in [0.25, 0.3) is 10.9 Å². The van der Waals surface area contributed by atoms with E-state index in [1.54, 1.807) is 24.3 Å². The molecule has 156 valence electrons. The molecule has 2 aromatic carbocycles. The fraction of sp³-hybridized carbons (Fsp3) is 0.286. The Kier molecular flexibility index (Phi) is 8.69. The highest BCUT2D eigenvalue weighted by atomic mass is 127. The zero-order chi connectivity index (χ0) is 19.9. The zero-order valence-electron chi connectivity index (χ0n) is 16.4. The second-order valence-corrected chi connectivity index (χ2v) is 6.34. The fourth-order valence-electron chi connectivity index (χ4n) is 2.99. The van der Waals surface area contributed by atoms with Crippen molar-refractivity contribution in [2.24, 2.45) is 4.99 Å². The summed E-state index contributed by atoms with van der Waals surface area (Å²) in [6.45, 7) is 3.66. The molecular weight excluding hydrogens is 489 g/mol. The van der Waals surface area contributed by atoms with Crippen LogP contribution in [-0.4, -0.2) is 31.1 Å². The Balaban J connectivity index is 0.00000300. The van der Waals surface area contributed by atoms with Crippen LogP contribution < -0.4 is 15.4 Å². The summed E-state index contributed by atoms with van der Waals surface area (Å²) in [6.07, 6.45) is 2.61. The van der Waals surface area contributed by atoms with Crippen molar-refractivity contribution in [1.82, 2.24) is 15.6 Å². The molecule has 0 aliphatic rings. The predicted octanol–water partition coefficient (Wildman–Crippen LogP) is 4.37. The van der Waals surface area contributed by atoms with Gasteiger partial charge in [0.1, 0.15) is 5.82 Å². The molecule has 3 rings (SSSR count). The summed E-state index contributed by atoms with van der Waals surface area (Å²) >= 11 is 0. The second-order valence-electron chi connectivity index (χ2n) is 6.34. The largest absolute Gasteiger partial charge is 0.494 e. The minimum Gasteiger partial charge on any atom is -0.494 e. The van der Waals surface area contributed by atoms with E-state index in [4.69, 9.17) is 4.74 Å². The van der Waals surface area contributed by atoms with Crippen molar-refractivity contribution in [3.63, 3.8) is 0 Å². The van der Waals surface area contributed by atoms with E-state index in [1.807, 2.05) is 13.1 Å². The molecule has 0 radical (unpaired) electrons. The third-order valence-corrected chi connectivity index (χ3v) is 4.40. The average molecular weight is 514 g/mol. The Bertz CT molecular complexity index is 974. The number of nitrogens with one attached hydrogen (secondary N) is 3. The summed E-state index contributed by atoms with van der Waals surface area (Å²) < 4.78 is 32.2. The molecule has 1 aromatic heterocycles. The lowest BCUT2D eigenvalue weighted by molar-refractivity contribution is 0.386. The van der Waals surface area contributed by atoms with Crippen molar-refractivity contribution in [2.45, 2.75) is 19.9 Å². The summed E-state index contributed by atoms with van der Waals surface area (Å²) in [5, 5.41) is 7.31. The van der Waals surface area contributed by atoms with Gasteiger partial charge in [-0.2, -0.15) is 0 Å². The summed E-state index contributed by atoms with van der Waals surface area (Å²) in [4.78, 5) is 7.65. The predicted molar refractivity (Wildman–Crippen MR) is 123 cm³/mol. The molecular formula is C21H25F2IN4O. The molecule has 3 N–H and O–H groups in total. The maximum absolute atomic E-state index is 13.8. The molecule has 0 aliphatic heterocycles. The molecule has 0 atom stereocenters. The first-order valence-electron chi connectivity index (χ1n) is 9.20. The molecule has 0 aliphatic carbocycles. The number of hydrogen-bond acceptors (Lipinski definition) is 2. The highest BCUT2D eigenvalue weighted by Gasteiger charge is 2.06. The van der Waals surface area contributed by atoms with Gasteiger partial charge in [-0.1, -0.05) is 6.07 Å². The Morgan fingerprint density at radius 3 is 2.69 bits per heavy atom. The maximum atomic E-state index is 13.8. The van der Waals surface area contributed by atoms with Crippen LogP contribution in [0.3, 0.4) is 0 Å². The van der Waals surface area contributed by atoms with Gasteiger partial charge < -0.3 is 20.4 Å². The smallest absolute Gasteiger partial charge is 0.191 e. The fourth-order valence-corrected chi connectivity index (χ4v) is 2.99. The van der Waals surface area contributed by atoms with Crippen LogP contribution in [0, 0.1) is 11.6 Å². The first-order chi connectivity index (χ1) is 13.6. The number of hydrogen-bond donors (Lipinski definition) is 3. The number of aromatic nitrogens is 1. The third kappa shape index (κ3) is 6.06. The van der Waals surface area contributed by atoms with E-state index < -0.39 is 5.82 Å². The summed E-state index contributed by atoms with van der Waals surface area (Å²) in [5.41, 5.74) is 2.70. The minimum absolute atomic E-state index is 0. The Labute approximate surface area is 186 Å². The van der Waals surface area contributed by atoms with Gasteiger partial charge in [0.05, 0.1) is 13.7 Å². The van der Waals surface area contributed by atoms with Crippen molar-refractivity contribution in [2.75, 3.05) is 20.2 Å². The van der Waals surface area contributed by atoms with Gasteiger partial charge in [-0.05, 0) is 54.8 Å². The van der Waals surface area contributed by atoms with Crippen LogP contribution >= 0.6 is 24.0 Å². The van der Waals surface area contributed by atoms with Gasteiger partial charge in [-0.25, -0.2) is 13.8 Å². The molecule has 0 amide bonds. The SMILES string of the molecule is CCNC(=NCc1ccc(OC)c(F)c1)NCCc1c[nH]c2ccc(F)cc12.I. The Morgan fingerprint density at radius 2 is 1.97 bits per heavy atom. The standard InChI is InChI=1S/C21H24F2N4O.HI/c1-3-24-21(27-12-14-4-7-20(28-2)18(23)10-14)25-9-8-15-13-26-19-6-5-16(22)11-17(15)19;/h4-7,10-11,13,26H,3,8-9,12H2,1-2H3,(H2,24,25,27);1H. The van der Waals surface area contributed by atoms with Gasteiger partial charge in [0.2, 0.25) is 0 Å². The molecule has 0 unspecified atom stereocenters. The van der Waals surface area contributed by atoms with Gasteiger partial charge in [0.25, 0.3) is 0 Å². The van der Waals surface area contributed by atoms with Gasteiger partial charge in [-0.15, -0.1) is 24.0 Å². The molecule has 3 aromatic rings. The van der Waals surface area contributed by atoms with E-state index in [0.29, 0.717) is 32.0 Å². The number of aliphatic imine (C=N–C) groups is 1. The Hall–Kier alpha value is -2.36. The number of nitrogens with zero attached hydrogens (tertiary/aromatic N) is 1. The first kappa shape index (κ1) is 22.9. The molecule has 0 bridgehead atoms. The number of rotatable bonds is 7. The number of benzene rings is 2. The van der Waals surface area contributed by atoms with Crippen molar-refractivity contribution in [1.29, 1.82) is 0 Å². The number of methoxy groups -OCH3 is 1. The van der Waals surface area contributed by atoms with E-state index in [1.165, 1.54) is 19.2 Å². The van der Waals surface area contributed by atoms with Crippen LogP contribution in [0.15, 0.2) is 47.6 Å². The molecule has 0 saturated heterocycles. The number of fused-ring (bicyclic) bond motifs is 1. The van der Waals surface area contributed by atoms with Crippen LogP contribution in [0.5, 0.6) is 5.75 Å². The average Bonchev–Trinajstić information content (AvgIpc) is 3.08. The molecule has 5 nitrogen and oxygen atoms in total. The van der Waals surface area contributed by atoms with Gasteiger partial charge in [0.15, 0.2) is 17.5 Å². The molecule has 8 heteroatoms. The molecule has 0 saturated carbocycles. The lowest BCUT2D eigenvalue weighted by Gasteiger charge is -2.11. The van der Waals surface area contributed by atoms with E-state index >= 15 is 0 Å². The normalized spacial score (nSPS) is 11.2. The zero-order valence-corrected chi connectivity index (χ0v) is 18.7. The highest BCUT2D eigenvalue weighted by Crippen LogP contribution is 2.20. The van der Waals surface area contributed by atoms with Crippen molar-refractivity contribution in [3.05, 3.63) is 65.4 Å². The van der Waals surface area contributed by atoms with Crippen molar-refractivity contribution >= 4 is 40.8 Å². The van der Waals surface area contributed by atoms with Gasteiger partial charge >= 0.3 is 0 Å². The number of ether oxygens (including phenoxy) is 1. The molecule has 29 heavy (non-hydrogen) atoms. The molecule has 0 spiro atoms. The van der Waals surface area contributed by atoms with E-state index in [2.05, 4.69) is 20.6 Å². The molecule has 1 heterocycles. The van der Waals surface area contributed by atoms with E-state index in [0.717, 1.165) is 22.0 Å². The summed E-state index contributed by atoms with van der Waals surface area (Å²) in [7, 11) is 1.44. The van der Waals surface area contributed by atoms with Crippen LogP contribution in [0.4, 0.5) is 8.78 Å². The topological polar surface area (TPSA) is 61.4 Å². The third-order valence-electron chi connectivity index (χ3n) is 4.40. The van der Waals surface area contributed by atoms with Crippen LogP contribution in [0.2, 0.25) is 0 Å². The summed E-state index contributed by atoms with van der Waals surface area (Å²) in [6, 6.07) is 9.52. The number of H-pyrrole nitrogens is 1. The summed E-state index contributed by atoms with van der Waals surface area (Å²) in [5.74, 6) is 0.209. The van der Waals surface area contributed by atoms with Crippen LogP contribution in [0.1, 0.15) is 18.1 Å². The lowest BCUT2D eigenvalue weighted by atomic mass is 10.1. The van der Waals surface area contributed by atoms with E-state index in [-0.39, 0.29) is 35.5 Å². The first-order valence-corrected chi connectivity index (χ1v) is 9.20. The maximum Gasteiger partial charge on any atom is 0.191 e. The van der Waals surface area contributed by atoms with Gasteiger partial charge in [0, 0.05) is 30.2 Å². The molecule has 0 fully saturated rings. The quantitative estimate of drug-likeness (QED) is 0.250. The van der Waals surface area contributed by atoms with Crippen LogP contribution in [-0.2, 0) is 13.0 Å². The minimum atomic E-state index is -0.403.